The van der Waals surface area contributed by atoms with Gasteiger partial charge in [-0.1, -0.05) is 6.92 Å². The van der Waals surface area contributed by atoms with Crippen LogP contribution in [0.4, 0.5) is 0 Å². The van der Waals surface area contributed by atoms with Crippen LogP contribution in [-0.4, -0.2) is 11.5 Å². The normalized spacial score (nSPS) is 18.2. The van der Waals surface area contributed by atoms with Crippen molar-refractivity contribution in [3.63, 3.8) is 0 Å². The number of aromatic nitrogens is 1. The summed E-state index contributed by atoms with van der Waals surface area (Å²) >= 11 is 8.60. The number of halogens is 2. The molecule has 2 aromatic heterocycles. The van der Waals surface area contributed by atoms with Gasteiger partial charge in [-0.2, -0.15) is 0 Å². The molecule has 6 heteroatoms. The Hall–Kier alpha value is -0.170. The van der Waals surface area contributed by atoms with Gasteiger partial charge in [-0.25, -0.2) is 4.98 Å². The number of thiazole rings is 1. The minimum atomic E-state index is 0.465. The van der Waals surface area contributed by atoms with Crippen LogP contribution in [0.2, 0.25) is 0 Å². The molecule has 1 aliphatic carbocycles. The van der Waals surface area contributed by atoms with E-state index >= 15 is 0 Å². The Morgan fingerprint density at radius 2 is 2.35 bits per heavy atom. The number of rotatable bonds is 4. The van der Waals surface area contributed by atoms with Gasteiger partial charge in [-0.15, -0.1) is 11.3 Å². The smallest absolute Gasteiger partial charge is 0.184 e. The monoisotopic (exact) mass is 418 g/mol. The quantitative estimate of drug-likeness (QED) is 0.729. The van der Waals surface area contributed by atoms with E-state index in [1.807, 2.05) is 6.07 Å². The average Bonchev–Trinajstić information content (AvgIpc) is 3.01. The SMILES string of the molecule is CCCNC1CCCc2nc(-c3cc(Br)c(Br)o3)sc21. The molecule has 0 amide bonds. The van der Waals surface area contributed by atoms with Gasteiger partial charge in [-0.3, -0.25) is 0 Å². The molecule has 1 N–H and O–H groups in total. The molecule has 1 aliphatic rings. The van der Waals surface area contributed by atoms with Gasteiger partial charge in [0.15, 0.2) is 15.4 Å². The van der Waals surface area contributed by atoms with E-state index in [9.17, 15) is 0 Å². The zero-order valence-electron chi connectivity index (χ0n) is 11.2. The standard InChI is InChI=1S/C14H16Br2N2OS/c1-2-6-17-9-4-3-5-10-12(9)20-14(18-10)11-7-8(15)13(16)19-11/h7,9,17H,2-6H2,1H3. The Morgan fingerprint density at radius 3 is 3.05 bits per heavy atom. The number of hydrogen-bond donors (Lipinski definition) is 1. The topological polar surface area (TPSA) is 38.1 Å². The highest BCUT2D eigenvalue weighted by Gasteiger charge is 2.25. The molecule has 108 valence electrons. The summed E-state index contributed by atoms with van der Waals surface area (Å²) in [6, 6.07) is 2.44. The lowest BCUT2D eigenvalue weighted by Crippen LogP contribution is -2.24. The highest BCUT2D eigenvalue weighted by Crippen LogP contribution is 2.40. The molecule has 1 unspecified atom stereocenters. The second kappa shape index (κ2) is 6.30. The van der Waals surface area contributed by atoms with Gasteiger partial charge in [-0.05, 0) is 64.1 Å². The van der Waals surface area contributed by atoms with Gasteiger partial charge < -0.3 is 9.73 Å². The first-order valence-electron chi connectivity index (χ1n) is 6.87. The summed E-state index contributed by atoms with van der Waals surface area (Å²) in [7, 11) is 0. The number of nitrogens with zero attached hydrogens (tertiary/aromatic N) is 1. The third-order valence-electron chi connectivity index (χ3n) is 3.45. The van der Waals surface area contributed by atoms with E-state index in [1.54, 1.807) is 11.3 Å². The van der Waals surface area contributed by atoms with Gasteiger partial charge in [0.25, 0.3) is 0 Å². The van der Waals surface area contributed by atoms with Crippen LogP contribution in [0.15, 0.2) is 19.6 Å². The Balaban J connectivity index is 1.90. The van der Waals surface area contributed by atoms with Crippen molar-refractivity contribution in [2.45, 2.75) is 38.6 Å². The van der Waals surface area contributed by atoms with Crippen molar-refractivity contribution in [1.82, 2.24) is 10.3 Å². The van der Waals surface area contributed by atoms with Crippen LogP contribution in [0.25, 0.3) is 10.8 Å². The van der Waals surface area contributed by atoms with Crippen LogP contribution in [-0.2, 0) is 6.42 Å². The molecule has 3 nitrogen and oxygen atoms in total. The lowest BCUT2D eigenvalue weighted by atomic mass is 9.98. The summed E-state index contributed by atoms with van der Waals surface area (Å²) in [6.45, 7) is 3.27. The second-order valence-electron chi connectivity index (χ2n) is 4.96. The molecule has 0 saturated carbocycles. The van der Waals surface area contributed by atoms with Gasteiger partial charge in [0.2, 0.25) is 0 Å². The second-order valence-corrected chi connectivity index (χ2v) is 7.57. The summed E-state index contributed by atoms with van der Waals surface area (Å²) in [5, 5.41) is 4.61. The van der Waals surface area contributed by atoms with Crippen molar-refractivity contribution < 1.29 is 4.42 Å². The van der Waals surface area contributed by atoms with E-state index in [2.05, 4.69) is 44.1 Å². The van der Waals surface area contributed by atoms with Gasteiger partial charge in [0, 0.05) is 17.0 Å². The molecule has 20 heavy (non-hydrogen) atoms. The van der Waals surface area contributed by atoms with Gasteiger partial charge in [0.1, 0.15) is 0 Å². The number of furan rings is 1. The average molecular weight is 420 g/mol. The van der Waals surface area contributed by atoms with Gasteiger partial charge >= 0.3 is 0 Å². The molecule has 3 rings (SSSR count). The van der Waals surface area contributed by atoms with Crippen molar-refractivity contribution in [2.75, 3.05) is 6.54 Å². The number of nitrogens with one attached hydrogen (secondary N) is 1. The fraction of sp³-hybridized carbons (Fsp3) is 0.500. The molecule has 0 radical (unpaired) electrons. The maximum absolute atomic E-state index is 5.69. The van der Waals surface area contributed by atoms with E-state index in [0.29, 0.717) is 6.04 Å². The van der Waals surface area contributed by atoms with Crippen LogP contribution in [0.1, 0.15) is 42.8 Å². The van der Waals surface area contributed by atoms with Crippen LogP contribution in [0.3, 0.4) is 0 Å². The van der Waals surface area contributed by atoms with Crippen molar-refractivity contribution in [1.29, 1.82) is 0 Å². The summed E-state index contributed by atoms with van der Waals surface area (Å²) in [5.41, 5.74) is 1.24. The first kappa shape index (κ1) is 14.8. The molecule has 0 spiro atoms. The minimum absolute atomic E-state index is 0.465. The molecule has 2 aromatic rings. The highest BCUT2D eigenvalue weighted by molar-refractivity contribution is 9.13. The molecule has 1 atom stereocenters. The van der Waals surface area contributed by atoms with Crippen LogP contribution < -0.4 is 5.32 Å². The summed E-state index contributed by atoms with van der Waals surface area (Å²) in [5.74, 6) is 0.831. The van der Waals surface area contributed by atoms with Crippen LogP contribution >= 0.6 is 43.2 Å². The Bertz CT molecular complexity index is 589. The predicted molar refractivity (Wildman–Crippen MR) is 89.2 cm³/mol. The number of fused-ring (bicyclic) bond motifs is 1. The largest absolute Gasteiger partial charge is 0.446 e. The van der Waals surface area contributed by atoms with Gasteiger partial charge in [0.05, 0.1) is 10.2 Å². The van der Waals surface area contributed by atoms with E-state index in [0.717, 1.165) is 39.3 Å². The first-order chi connectivity index (χ1) is 9.69. The summed E-state index contributed by atoms with van der Waals surface area (Å²) in [6.07, 6.45) is 4.66. The Morgan fingerprint density at radius 1 is 1.50 bits per heavy atom. The van der Waals surface area contributed by atoms with Crippen LogP contribution in [0, 0.1) is 0 Å². The number of hydrogen-bond acceptors (Lipinski definition) is 4. The lowest BCUT2D eigenvalue weighted by Gasteiger charge is -2.22. The zero-order valence-corrected chi connectivity index (χ0v) is 15.2. The fourth-order valence-corrected chi connectivity index (χ4v) is 4.24. The molecule has 0 aromatic carbocycles. The predicted octanol–water partition coefficient (Wildman–Crippen LogP) is 5.31. The van der Waals surface area contributed by atoms with Crippen molar-refractivity contribution in [3.05, 3.63) is 25.8 Å². The lowest BCUT2D eigenvalue weighted by molar-refractivity contribution is 0.464. The molecule has 0 aliphatic heterocycles. The molecule has 0 fully saturated rings. The van der Waals surface area contributed by atoms with Crippen molar-refractivity contribution in [2.24, 2.45) is 0 Å². The van der Waals surface area contributed by atoms with Crippen molar-refractivity contribution >= 4 is 43.2 Å². The van der Waals surface area contributed by atoms with Crippen LogP contribution in [0.5, 0.6) is 0 Å². The number of aryl methyl sites for hydroxylation is 1. The first-order valence-corrected chi connectivity index (χ1v) is 9.27. The molecular formula is C14H16Br2N2OS. The zero-order chi connectivity index (χ0) is 14.1. The maximum Gasteiger partial charge on any atom is 0.184 e. The molecular weight excluding hydrogens is 404 g/mol. The molecule has 0 saturated heterocycles. The Kier molecular flexibility index (Phi) is 4.65. The van der Waals surface area contributed by atoms with E-state index in [-0.39, 0.29) is 0 Å². The third kappa shape index (κ3) is 2.89. The minimum Gasteiger partial charge on any atom is -0.446 e. The summed E-state index contributed by atoms with van der Waals surface area (Å²) < 4.78 is 7.35. The highest BCUT2D eigenvalue weighted by atomic mass is 79.9. The summed E-state index contributed by atoms with van der Waals surface area (Å²) in [4.78, 5) is 6.17. The fourth-order valence-electron chi connectivity index (χ4n) is 2.49. The maximum atomic E-state index is 5.69. The molecule has 2 heterocycles. The van der Waals surface area contributed by atoms with Crippen molar-refractivity contribution in [3.8, 4) is 10.8 Å². The third-order valence-corrected chi connectivity index (χ3v) is 6.38. The van der Waals surface area contributed by atoms with E-state index in [1.165, 1.54) is 23.4 Å². The Labute approximate surface area is 139 Å². The van der Waals surface area contributed by atoms with E-state index in [4.69, 9.17) is 9.40 Å². The van der Waals surface area contributed by atoms with E-state index < -0.39 is 0 Å². The molecule has 0 bridgehead atoms.